The lowest BCUT2D eigenvalue weighted by molar-refractivity contribution is -0.137. The highest BCUT2D eigenvalue weighted by atomic mass is 19.1. The molecule has 0 spiro atoms. The van der Waals surface area contributed by atoms with Crippen molar-refractivity contribution in [2.75, 3.05) is 13.2 Å². The minimum Gasteiger partial charge on any atom is -0.493 e. The van der Waals surface area contributed by atoms with Crippen LogP contribution in [0.2, 0.25) is 0 Å². The molecule has 110 valence electrons. The lowest BCUT2D eigenvalue weighted by Gasteiger charge is -2.07. The van der Waals surface area contributed by atoms with Crippen molar-refractivity contribution in [3.8, 4) is 5.75 Å². The number of benzene rings is 1. The maximum Gasteiger partial charge on any atom is 0.303 e. The second kappa shape index (κ2) is 8.90. The van der Waals surface area contributed by atoms with Crippen molar-refractivity contribution in [2.24, 2.45) is 0 Å². The van der Waals surface area contributed by atoms with E-state index in [1.54, 1.807) is 6.07 Å². The normalized spacial score (nSPS) is 10.1. The molecule has 2 N–H and O–H groups in total. The van der Waals surface area contributed by atoms with Gasteiger partial charge in [0.1, 0.15) is 11.6 Å². The van der Waals surface area contributed by atoms with Gasteiger partial charge in [-0.25, -0.2) is 4.39 Å². The average molecular weight is 283 g/mol. The van der Waals surface area contributed by atoms with Gasteiger partial charge in [0.15, 0.2) is 0 Å². The molecule has 0 bridgehead atoms. The Balaban J connectivity index is 2.07. The largest absolute Gasteiger partial charge is 0.493 e. The van der Waals surface area contributed by atoms with Crippen LogP contribution in [0.4, 0.5) is 4.39 Å². The smallest absolute Gasteiger partial charge is 0.303 e. The first-order valence-electron chi connectivity index (χ1n) is 6.45. The molecule has 0 aliphatic rings. The van der Waals surface area contributed by atoms with Gasteiger partial charge < -0.3 is 15.2 Å². The number of aliphatic carboxylic acids is 1. The summed E-state index contributed by atoms with van der Waals surface area (Å²) in [5, 5.41) is 11.1. The Hall–Kier alpha value is -2.11. The molecule has 1 aromatic rings. The van der Waals surface area contributed by atoms with E-state index in [-0.39, 0.29) is 31.2 Å². The molecule has 0 saturated heterocycles. The van der Waals surface area contributed by atoms with Gasteiger partial charge in [0.2, 0.25) is 5.91 Å². The van der Waals surface area contributed by atoms with E-state index >= 15 is 0 Å². The fourth-order valence-corrected chi connectivity index (χ4v) is 1.54. The minimum absolute atomic E-state index is 0.110. The molecule has 0 aliphatic carbocycles. The van der Waals surface area contributed by atoms with Gasteiger partial charge >= 0.3 is 5.97 Å². The topological polar surface area (TPSA) is 75.6 Å². The number of carbonyl (C=O) groups excluding carboxylic acids is 1. The van der Waals surface area contributed by atoms with E-state index in [4.69, 9.17) is 9.84 Å². The summed E-state index contributed by atoms with van der Waals surface area (Å²) in [4.78, 5) is 21.7. The zero-order valence-corrected chi connectivity index (χ0v) is 11.1. The van der Waals surface area contributed by atoms with E-state index in [0.29, 0.717) is 25.1 Å². The van der Waals surface area contributed by atoms with Gasteiger partial charge in [-0.15, -0.1) is 0 Å². The third-order valence-electron chi connectivity index (χ3n) is 2.53. The van der Waals surface area contributed by atoms with Gasteiger partial charge in [0, 0.05) is 19.0 Å². The van der Waals surface area contributed by atoms with Crippen LogP contribution in [0, 0.1) is 5.82 Å². The van der Waals surface area contributed by atoms with Gasteiger partial charge in [0.05, 0.1) is 13.0 Å². The molecule has 0 aromatic heterocycles. The van der Waals surface area contributed by atoms with E-state index in [2.05, 4.69) is 5.32 Å². The first-order valence-corrected chi connectivity index (χ1v) is 6.45. The van der Waals surface area contributed by atoms with Gasteiger partial charge in [0.25, 0.3) is 0 Å². The summed E-state index contributed by atoms with van der Waals surface area (Å²) in [6.45, 7) is 0.622. The quantitative estimate of drug-likeness (QED) is 0.679. The number of carbonyl (C=O) groups is 2. The SMILES string of the molecule is O=C(O)CCCCNC(=O)CCOc1cccc(F)c1. The van der Waals surface area contributed by atoms with Crippen LogP contribution in [-0.2, 0) is 9.59 Å². The van der Waals surface area contributed by atoms with Crippen LogP contribution in [0.5, 0.6) is 5.75 Å². The Morgan fingerprint density at radius 3 is 2.75 bits per heavy atom. The van der Waals surface area contributed by atoms with Crippen LogP contribution in [0.15, 0.2) is 24.3 Å². The van der Waals surface area contributed by atoms with Crippen molar-refractivity contribution >= 4 is 11.9 Å². The number of amides is 1. The number of nitrogens with one attached hydrogen (secondary N) is 1. The Bertz CT molecular complexity index is 451. The number of hydrogen-bond acceptors (Lipinski definition) is 3. The van der Waals surface area contributed by atoms with Crippen molar-refractivity contribution in [3.63, 3.8) is 0 Å². The number of carboxylic acid groups (broad SMARTS) is 1. The van der Waals surface area contributed by atoms with E-state index in [1.165, 1.54) is 18.2 Å². The second-order valence-corrected chi connectivity index (χ2v) is 4.26. The van der Waals surface area contributed by atoms with Crippen LogP contribution < -0.4 is 10.1 Å². The lowest BCUT2D eigenvalue weighted by atomic mass is 10.2. The predicted molar refractivity (Wildman–Crippen MR) is 71.0 cm³/mol. The number of hydrogen-bond donors (Lipinski definition) is 2. The summed E-state index contributed by atoms with van der Waals surface area (Å²) >= 11 is 0. The summed E-state index contributed by atoms with van der Waals surface area (Å²) in [5.41, 5.74) is 0. The van der Waals surface area contributed by atoms with Crippen LogP contribution in [-0.4, -0.2) is 30.1 Å². The van der Waals surface area contributed by atoms with E-state index in [0.717, 1.165) is 0 Å². The van der Waals surface area contributed by atoms with Gasteiger partial charge in [-0.05, 0) is 25.0 Å². The zero-order valence-electron chi connectivity index (χ0n) is 11.1. The molecule has 0 aliphatic heterocycles. The molecule has 0 saturated carbocycles. The van der Waals surface area contributed by atoms with Crippen molar-refractivity contribution in [1.82, 2.24) is 5.32 Å². The molecule has 0 unspecified atom stereocenters. The number of halogens is 1. The first kappa shape index (κ1) is 15.9. The predicted octanol–water partition coefficient (Wildman–Crippen LogP) is 1.97. The van der Waals surface area contributed by atoms with Gasteiger partial charge in [-0.3, -0.25) is 9.59 Å². The Morgan fingerprint density at radius 1 is 1.25 bits per heavy atom. The fourth-order valence-electron chi connectivity index (χ4n) is 1.54. The fraction of sp³-hybridized carbons (Fsp3) is 0.429. The second-order valence-electron chi connectivity index (χ2n) is 4.26. The molecule has 0 fully saturated rings. The highest BCUT2D eigenvalue weighted by Gasteiger charge is 2.03. The molecule has 0 radical (unpaired) electrons. The molecule has 1 amide bonds. The average Bonchev–Trinajstić information content (AvgIpc) is 2.38. The van der Waals surface area contributed by atoms with E-state index in [1.807, 2.05) is 0 Å². The summed E-state index contributed by atoms with van der Waals surface area (Å²) in [6, 6.07) is 5.72. The molecule has 0 heterocycles. The van der Waals surface area contributed by atoms with Crippen LogP contribution >= 0.6 is 0 Å². The zero-order chi connectivity index (χ0) is 14.8. The number of carboxylic acids is 1. The van der Waals surface area contributed by atoms with Crippen molar-refractivity contribution < 1.29 is 23.8 Å². The van der Waals surface area contributed by atoms with E-state index in [9.17, 15) is 14.0 Å². The van der Waals surface area contributed by atoms with Crippen LogP contribution in [0.3, 0.4) is 0 Å². The highest BCUT2D eigenvalue weighted by molar-refractivity contribution is 5.75. The molecule has 6 heteroatoms. The van der Waals surface area contributed by atoms with E-state index < -0.39 is 5.97 Å². The maximum atomic E-state index is 12.8. The molecular weight excluding hydrogens is 265 g/mol. The molecular formula is C14H18FNO4. The van der Waals surface area contributed by atoms with Crippen molar-refractivity contribution in [1.29, 1.82) is 0 Å². The Kier molecular flexibility index (Phi) is 7.10. The van der Waals surface area contributed by atoms with Crippen LogP contribution in [0.1, 0.15) is 25.7 Å². The third kappa shape index (κ3) is 7.35. The monoisotopic (exact) mass is 283 g/mol. The number of rotatable bonds is 9. The molecule has 1 aromatic carbocycles. The lowest BCUT2D eigenvalue weighted by Crippen LogP contribution is -2.26. The van der Waals surface area contributed by atoms with Crippen LogP contribution in [0.25, 0.3) is 0 Å². The Labute approximate surface area is 116 Å². The van der Waals surface area contributed by atoms with Gasteiger partial charge in [-0.1, -0.05) is 6.07 Å². The Morgan fingerprint density at radius 2 is 2.05 bits per heavy atom. The molecule has 1 rings (SSSR count). The van der Waals surface area contributed by atoms with Crippen molar-refractivity contribution in [2.45, 2.75) is 25.7 Å². The van der Waals surface area contributed by atoms with Gasteiger partial charge in [-0.2, -0.15) is 0 Å². The van der Waals surface area contributed by atoms with Crippen molar-refractivity contribution in [3.05, 3.63) is 30.1 Å². The maximum absolute atomic E-state index is 12.8. The third-order valence-corrected chi connectivity index (χ3v) is 2.53. The summed E-state index contributed by atoms with van der Waals surface area (Å²) in [5.74, 6) is -0.999. The minimum atomic E-state index is -0.834. The summed E-state index contributed by atoms with van der Waals surface area (Å²) in [7, 11) is 0. The first-order chi connectivity index (χ1) is 9.58. The highest BCUT2D eigenvalue weighted by Crippen LogP contribution is 2.11. The molecule has 0 atom stereocenters. The number of ether oxygens (including phenoxy) is 1. The standard InChI is InChI=1S/C14H18FNO4/c15-11-4-3-5-12(10-11)20-9-7-13(17)16-8-2-1-6-14(18)19/h3-5,10H,1-2,6-9H2,(H,16,17)(H,18,19). The molecule has 5 nitrogen and oxygen atoms in total. The number of unbranched alkanes of at least 4 members (excludes halogenated alkanes) is 1. The summed E-state index contributed by atoms with van der Waals surface area (Å²) in [6.07, 6.45) is 1.45. The molecule has 20 heavy (non-hydrogen) atoms. The summed E-state index contributed by atoms with van der Waals surface area (Å²) < 4.78 is 18.1.